The number of thiophene rings is 1. The highest BCUT2D eigenvalue weighted by Gasteiger charge is 2.38. The maximum absolute atomic E-state index is 10.3. The number of aliphatic hydroxyl groups excluding tert-OH is 1. The fraction of sp³-hybridized carbons (Fsp3) is 0.500. The van der Waals surface area contributed by atoms with E-state index in [4.69, 9.17) is 0 Å². The van der Waals surface area contributed by atoms with Crippen molar-refractivity contribution < 1.29 is 10.2 Å². The molecule has 1 aromatic carbocycles. The number of nitrogens with zero attached hydrogens (tertiary/aromatic N) is 1. The summed E-state index contributed by atoms with van der Waals surface area (Å²) in [7, 11) is 0. The second-order valence-corrected chi connectivity index (χ2v) is 8.22. The van der Waals surface area contributed by atoms with Gasteiger partial charge in [-0.3, -0.25) is 0 Å². The van der Waals surface area contributed by atoms with E-state index in [0.717, 1.165) is 37.4 Å². The number of halogens is 1. The first-order valence-corrected chi connectivity index (χ1v) is 9.60. The molecule has 1 saturated heterocycles. The molecular formula is C20H28ClNO2S. The van der Waals surface area contributed by atoms with Gasteiger partial charge in [0.25, 0.3) is 0 Å². The van der Waals surface area contributed by atoms with Gasteiger partial charge < -0.3 is 15.1 Å². The van der Waals surface area contributed by atoms with E-state index in [1.165, 1.54) is 5.56 Å². The number of rotatable bonds is 5. The van der Waals surface area contributed by atoms with E-state index in [1.54, 1.807) is 17.4 Å². The van der Waals surface area contributed by atoms with Crippen molar-refractivity contribution in [3.63, 3.8) is 0 Å². The highest BCUT2D eigenvalue weighted by atomic mass is 35.5. The second kappa shape index (κ2) is 8.54. The van der Waals surface area contributed by atoms with Crippen LogP contribution in [0.15, 0.2) is 41.8 Å². The van der Waals surface area contributed by atoms with Crippen molar-refractivity contribution in [1.82, 2.24) is 4.90 Å². The van der Waals surface area contributed by atoms with Gasteiger partial charge in [0, 0.05) is 18.0 Å². The van der Waals surface area contributed by atoms with Crippen molar-refractivity contribution >= 4 is 23.7 Å². The van der Waals surface area contributed by atoms with Gasteiger partial charge in [-0.15, -0.1) is 23.7 Å². The molecule has 1 aliphatic heterocycles. The molecule has 0 unspecified atom stereocenters. The van der Waals surface area contributed by atoms with Crippen LogP contribution in [0, 0.1) is 5.92 Å². The Labute approximate surface area is 160 Å². The zero-order valence-corrected chi connectivity index (χ0v) is 16.5. The number of aliphatic hydroxyl groups is 1. The highest BCUT2D eigenvalue weighted by Crippen LogP contribution is 2.40. The molecule has 1 aromatic heterocycles. The fourth-order valence-corrected chi connectivity index (χ4v) is 4.48. The van der Waals surface area contributed by atoms with Crippen molar-refractivity contribution in [3.8, 4) is 5.75 Å². The third kappa shape index (κ3) is 4.56. The minimum atomic E-state index is -0.348. The van der Waals surface area contributed by atoms with Crippen LogP contribution < -0.4 is 0 Å². The Morgan fingerprint density at radius 1 is 1.32 bits per heavy atom. The van der Waals surface area contributed by atoms with Crippen LogP contribution >= 0.6 is 23.7 Å². The van der Waals surface area contributed by atoms with E-state index in [1.807, 2.05) is 29.6 Å². The number of phenols is 1. The summed E-state index contributed by atoms with van der Waals surface area (Å²) in [5.41, 5.74) is 1.33. The lowest BCUT2D eigenvalue weighted by molar-refractivity contribution is 0.0877. The van der Waals surface area contributed by atoms with Crippen LogP contribution in [0.5, 0.6) is 5.75 Å². The molecule has 2 N–H and O–H groups in total. The van der Waals surface area contributed by atoms with Crippen molar-refractivity contribution in [1.29, 1.82) is 0 Å². The first kappa shape index (κ1) is 20.2. The number of hydrogen-bond donors (Lipinski definition) is 2. The van der Waals surface area contributed by atoms with E-state index >= 15 is 0 Å². The van der Waals surface area contributed by atoms with E-state index in [0.29, 0.717) is 11.7 Å². The molecule has 0 bridgehead atoms. The summed E-state index contributed by atoms with van der Waals surface area (Å²) in [5, 5.41) is 22.1. The number of likely N-dealkylation sites (tertiary alicyclic amines) is 1. The van der Waals surface area contributed by atoms with E-state index in [2.05, 4.69) is 24.8 Å². The highest BCUT2D eigenvalue weighted by molar-refractivity contribution is 7.10. The average Bonchev–Trinajstić information content (AvgIpc) is 3.10. The van der Waals surface area contributed by atoms with Gasteiger partial charge in [-0.25, -0.2) is 0 Å². The summed E-state index contributed by atoms with van der Waals surface area (Å²) < 4.78 is 0. The normalized spacial score (nSPS) is 25.3. The Morgan fingerprint density at radius 2 is 2.12 bits per heavy atom. The molecule has 3 rings (SSSR count). The lowest BCUT2D eigenvalue weighted by atomic mass is 9.68. The van der Waals surface area contributed by atoms with E-state index in [9.17, 15) is 10.2 Å². The molecule has 0 amide bonds. The Balaban J connectivity index is 0.00000225. The molecule has 0 radical (unpaired) electrons. The number of phenolic OH excluding ortho intramolecular Hbond substituents is 1. The molecule has 0 saturated carbocycles. The molecule has 3 nitrogen and oxygen atoms in total. The largest absolute Gasteiger partial charge is 0.508 e. The summed E-state index contributed by atoms with van der Waals surface area (Å²) in [4.78, 5) is 3.52. The quantitative estimate of drug-likeness (QED) is 0.795. The molecule has 5 heteroatoms. The van der Waals surface area contributed by atoms with Crippen LogP contribution in [0.25, 0.3) is 0 Å². The zero-order valence-electron chi connectivity index (χ0n) is 14.9. The summed E-state index contributed by atoms with van der Waals surface area (Å²) in [6, 6.07) is 11.7. The Kier molecular flexibility index (Phi) is 6.92. The molecule has 3 atom stereocenters. The summed E-state index contributed by atoms with van der Waals surface area (Å²) in [6.45, 7) is 7.60. The number of piperidine rings is 1. The topological polar surface area (TPSA) is 43.7 Å². The summed E-state index contributed by atoms with van der Waals surface area (Å²) in [5.74, 6) is 0.856. The predicted molar refractivity (Wildman–Crippen MR) is 107 cm³/mol. The Morgan fingerprint density at radius 3 is 2.76 bits per heavy atom. The molecule has 2 heterocycles. The molecule has 138 valence electrons. The van der Waals surface area contributed by atoms with Gasteiger partial charge in [0.1, 0.15) is 5.75 Å². The molecule has 0 spiro atoms. The summed E-state index contributed by atoms with van der Waals surface area (Å²) in [6.07, 6.45) is 1.52. The lowest BCUT2D eigenvalue weighted by Crippen LogP contribution is -2.47. The third-order valence-electron chi connectivity index (χ3n) is 5.66. The van der Waals surface area contributed by atoms with Gasteiger partial charge in [-0.05, 0) is 59.9 Å². The van der Waals surface area contributed by atoms with Gasteiger partial charge >= 0.3 is 0 Å². The first-order valence-electron chi connectivity index (χ1n) is 8.72. The maximum Gasteiger partial charge on any atom is 0.115 e. The van der Waals surface area contributed by atoms with Crippen LogP contribution in [0.1, 0.15) is 43.2 Å². The predicted octanol–water partition coefficient (Wildman–Crippen LogP) is 4.60. The molecule has 25 heavy (non-hydrogen) atoms. The van der Waals surface area contributed by atoms with Crippen LogP contribution in [0.4, 0.5) is 0 Å². The van der Waals surface area contributed by atoms with Crippen molar-refractivity contribution in [2.75, 3.05) is 19.6 Å². The summed E-state index contributed by atoms with van der Waals surface area (Å²) >= 11 is 1.62. The Hall–Kier alpha value is -1.07. The third-order valence-corrected chi connectivity index (χ3v) is 6.64. The van der Waals surface area contributed by atoms with Crippen LogP contribution in [0.2, 0.25) is 0 Å². The van der Waals surface area contributed by atoms with Crippen LogP contribution in [0.3, 0.4) is 0 Å². The van der Waals surface area contributed by atoms with Gasteiger partial charge in [0.05, 0.1) is 6.10 Å². The number of aromatic hydroxyl groups is 1. The number of benzene rings is 1. The standard InChI is InChI=1S/C20H27NO2S.ClH/c1-15-14-21(10-8-18(23)19-7-4-12-24-19)11-9-20(15,2)16-5-3-6-17(22)13-16;/h3-7,12-13,15,18,22-23H,8-11,14H2,1-2H3;1H/t15-,18+,20-;/m0./s1. The molecule has 1 aliphatic rings. The minimum absolute atomic E-state index is 0. The fourth-order valence-electron chi connectivity index (χ4n) is 3.74. The Bertz CT molecular complexity index is 663. The van der Waals surface area contributed by atoms with Crippen LogP contribution in [-0.4, -0.2) is 34.7 Å². The van der Waals surface area contributed by atoms with E-state index < -0.39 is 0 Å². The van der Waals surface area contributed by atoms with Crippen molar-refractivity contribution in [2.45, 2.75) is 38.2 Å². The average molecular weight is 382 g/mol. The minimum Gasteiger partial charge on any atom is -0.508 e. The first-order chi connectivity index (χ1) is 11.5. The smallest absolute Gasteiger partial charge is 0.115 e. The SMILES string of the molecule is C[C@H]1CN(CC[C@@H](O)c2cccs2)CC[C@]1(C)c1cccc(O)c1.Cl. The molecule has 0 aliphatic carbocycles. The molecular weight excluding hydrogens is 354 g/mol. The van der Waals surface area contributed by atoms with Gasteiger partial charge in [-0.2, -0.15) is 0 Å². The number of hydrogen-bond acceptors (Lipinski definition) is 4. The van der Waals surface area contributed by atoms with Crippen LogP contribution in [-0.2, 0) is 5.41 Å². The zero-order chi connectivity index (χ0) is 17.2. The lowest BCUT2D eigenvalue weighted by Gasteiger charge is -2.45. The maximum atomic E-state index is 10.3. The van der Waals surface area contributed by atoms with Crippen molar-refractivity contribution in [3.05, 3.63) is 52.2 Å². The van der Waals surface area contributed by atoms with Gasteiger partial charge in [0.2, 0.25) is 0 Å². The monoisotopic (exact) mass is 381 g/mol. The van der Waals surface area contributed by atoms with Gasteiger partial charge in [-0.1, -0.05) is 32.0 Å². The van der Waals surface area contributed by atoms with E-state index in [-0.39, 0.29) is 23.9 Å². The van der Waals surface area contributed by atoms with Gasteiger partial charge in [0.15, 0.2) is 0 Å². The molecule has 1 fully saturated rings. The molecule has 2 aromatic rings. The second-order valence-electron chi connectivity index (χ2n) is 7.24. The van der Waals surface area contributed by atoms with Crippen molar-refractivity contribution in [2.24, 2.45) is 5.92 Å².